The van der Waals surface area contributed by atoms with Crippen molar-refractivity contribution in [2.45, 2.75) is 37.8 Å². The standard InChI is InChI=1S/C10H16N2O/c1-2-7-12(6-1)10-5-3-4-9(10)8-11-13-10/h8,11H,1-7H2. The molecular formula is C10H16N2O. The van der Waals surface area contributed by atoms with Gasteiger partial charge in [0.25, 0.3) is 0 Å². The molecule has 1 saturated carbocycles. The molecule has 0 aromatic heterocycles. The minimum atomic E-state index is -0.0312. The molecule has 3 heteroatoms. The average Bonchev–Trinajstić information content (AvgIpc) is 2.79. The fourth-order valence-electron chi connectivity index (χ4n) is 2.88. The maximum Gasteiger partial charge on any atom is 0.172 e. The number of hydrogen-bond acceptors (Lipinski definition) is 3. The molecule has 72 valence electrons. The highest BCUT2D eigenvalue weighted by Crippen LogP contribution is 2.43. The summed E-state index contributed by atoms with van der Waals surface area (Å²) in [6.45, 7) is 2.41. The lowest BCUT2D eigenvalue weighted by molar-refractivity contribution is -0.133. The molecule has 3 nitrogen and oxygen atoms in total. The molecule has 1 aliphatic carbocycles. The smallest absolute Gasteiger partial charge is 0.172 e. The molecule has 1 atom stereocenters. The van der Waals surface area contributed by atoms with Crippen molar-refractivity contribution in [2.24, 2.45) is 0 Å². The van der Waals surface area contributed by atoms with E-state index in [1.807, 2.05) is 0 Å². The van der Waals surface area contributed by atoms with Crippen molar-refractivity contribution in [1.29, 1.82) is 0 Å². The fourth-order valence-corrected chi connectivity index (χ4v) is 2.88. The van der Waals surface area contributed by atoms with Crippen LogP contribution in [0, 0.1) is 0 Å². The first-order chi connectivity index (χ1) is 6.42. The Morgan fingerprint density at radius 1 is 1.31 bits per heavy atom. The highest BCUT2D eigenvalue weighted by molar-refractivity contribution is 5.23. The zero-order valence-corrected chi connectivity index (χ0v) is 7.88. The molecule has 13 heavy (non-hydrogen) atoms. The Labute approximate surface area is 78.7 Å². The first kappa shape index (κ1) is 7.83. The Morgan fingerprint density at radius 2 is 2.15 bits per heavy atom. The van der Waals surface area contributed by atoms with Gasteiger partial charge in [-0.05, 0) is 37.7 Å². The molecule has 2 heterocycles. The van der Waals surface area contributed by atoms with Crippen LogP contribution in [0.3, 0.4) is 0 Å². The summed E-state index contributed by atoms with van der Waals surface area (Å²) in [5.74, 6) is 0. The summed E-state index contributed by atoms with van der Waals surface area (Å²) in [5, 5.41) is 0. The van der Waals surface area contributed by atoms with Crippen LogP contribution in [0.1, 0.15) is 32.1 Å². The first-order valence-corrected chi connectivity index (χ1v) is 5.30. The van der Waals surface area contributed by atoms with E-state index in [2.05, 4.69) is 16.6 Å². The van der Waals surface area contributed by atoms with Gasteiger partial charge in [0.15, 0.2) is 5.72 Å². The highest BCUT2D eigenvalue weighted by atomic mass is 16.7. The van der Waals surface area contributed by atoms with Crippen LogP contribution in [0.4, 0.5) is 0 Å². The third-order valence-electron chi connectivity index (χ3n) is 3.54. The minimum Gasteiger partial charge on any atom is -0.272 e. The van der Waals surface area contributed by atoms with Crippen LogP contribution in [0.15, 0.2) is 11.8 Å². The van der Waals surface area contributed by atoms with Crippen molar-refractivity contribution in [3.05, 3.63) is 11.8 Å². The number of likely N-dealkylation sites (tertiary alicyclic amines) is 1. The number of fused-ring (bicyclic) bond motifs is 1. The van der Waals surface area contributed by atoms with Gasteiger partial charge in [0.05, 0.1) is 0 Å². The quantitative estimate of drug-likeness (QED) is 0.659. The SMILES string of the molecule is C1=C2CCCC2(N2CCCC2)ON1. The van der Waals surface area contributed by atoms with Crippen LogP contribution in [0.25, 0.3) is 0 Å². The van der Waals surface area contributed by atoms with Crippen LogP contribution < -0.4 is 5.48 Å². The number of hydroxylamine groups is 1. The lowest BCUT2D eigenvalue weighted by Gasteiger charge is -2.34. The molecule has 1 N–H and O–H groups in total. The van der Waals surface area contributed by atoms with Gasteiger partial charge in [-0.25, -0.2) is 4.84 Å². The monoisotopic (exact) mass is 180 g/mol. The van der Waals surface area contributed by atoms with Gasteiger partial charge in [0.2, 0.25) is 0 Å². The number of nitrogens with zero attached hydrogens (tertiary/aromatic N) is 1. The van der Waals surface area contributed by atoms with Crippen LogP contribution >= 0.6 is 0 Å². The van der Waals surface area contributed by atoms with Crippen molar-refractivity contribution in [1.82, 2.24) is 10.4 Å². The molecule has 0 spiro atoms. The lowest BCUT2D eigenvalue weighted by atomic mass is 10.1. The van der Waals surface area contributed by atoms with Crippen LogP contribution in [-0.2, 0) is 4.84 Å². The summed E-state index contributed by atoms with van der Waals surface area (Å²) in [6.07, 6.45) is 8.39. The molecule has 0 aromatic rings. The van der Waals surface area contributed by atoms with Gasteiger partial charge in [0, 0.05) is 19.3 Å². The maximum absolute atomic E-state index is 5.73. The van der Waals surface area contributed by atoms with Crippen molar-refractivity contribution < 1.29 is 4.84 Å². The van der Waals surface area contributed by atoms with E-state index in [1.165, 1.54) is 50.8 Å². The van der Waals surface area contributed by atoms with Crippen molar-refractivity contribution >= 4 is 0 Å². The zero-order valence-electron chi connectivity index (χ0n) is 7.88. The molecule has 0 radical (unpaired) electrons. The van der Waals surface area contributed by atoms with Gasteiger partial charge in [-0.3, -0.25) is 10.4 Å². The second-order valence-electron chi connectivity index (χ2n) is 4.22. The first-order valence-electron chi connectivity index (χ1n) is 5.30. The average molecular weight is 180 g/mol. The van der Waals surface area contributed by atoms with Crippen LogP contribution in [0.2, 0.25) is 0 Å². The van der Waals surface area contributed by atoms with E-state index in [0.717, 1.165) is 0 Å². The summed E-state index contributed by atoms with van der Waals surface area (Å²) in [7, 11) is 0. The predicted octanol–water partition coefficient (Wildman–Crippen LogP) is 1.38. The summed E-state index contributed by atoms with van der Waals surface area (Å²) >= 11 is 0. The van der Waals surface area contributed by atoms with E-state index >= 15 is 0 Å². The topological polar surface area (TPSA) is 24.5 Å². The van der Waals surface area contributed by atoms with Gasteiger partial charge < -0.3 is 0 Å². The molecule has 3 rings (SSSR count). The lowest BCUT2D eigenvalue weighted by Crippen LogP contribution is -2.47. The normalized spacial score (nSPS) is 38.9. The molecule has 0 amide bonds. The second kappa shape index (κ2) is 2.72. The van der Waals surface area contributed by atoms with Crippen LogP contribution in [-0.4, -0.2) is 23.7 Å². The van der Waals surface area contributed by atoms with Crippen molar-refractivity contribution in [3.8, 4) is 0 Å². The minimum absolute atomic E-state index is 0.0312. The summed E-state index contributed by atoms with van der Waals surface area (Å²) < 4.78 is 0. The summed E-state index contributed by atoms with van der Waals surface area (Å²) in [6, 6.07) is 0. The number of hydrogen-bond donors (Lipinski definition) is 1. The molecular weight excluding hydrogens is 164 g/mol. The molecule has 3 aliphatic rings. The third-order valence-corrected chi connectivity index (χ3v) is 3.54. The number of rotatable bonds is 1. The van der Waals surface area contributed by atoms with E-state index in [1.54, 1.807) is 0 Å². The van der Waals surface area contributed by atoms with E-state index in [9.17, 15) is 0 Å². The largest absolute Gasteiger partial charge is 0.272 e. The van der Waals surface area contributed by atoms with Gasteiger partial charge in [-0.1, -0.05) is 0 Å². The molecule has 2 fully saturated rings. The zero-order chi connectivity index (χ0) is 8.73. The number of nitrogens with one attached hydrogen (secondary N) is 1. The summed E-state index contributed by atoms with van der Waals surface area (Å²) in [4.78, 5) is 8.24. The van der Waals surface area contributed by atoms with Crippen molar-refractivity contribution in [3.63, 3.8) is 0 Å². The van der Waals surface area contributed by atoms with E-state index in [-0.39, 0.29) is 5.72 Å². The van der Waals surface area contributed by atoms with Crippen molar-refractivity contribution in [2.75, 3.05) is 13.1 Å². The second-order valence-corrected chi connectivity index (χ2v) is 4.22. The van der Waals surface area contributed by atoms with Gasteiger partial charge >= 0.3 is 0 Å². The molecule has 0 bridgehead atoms. The molecule has 0 aromatic carbocycles. The van der Waals surface area contributed by atoms with E-state index in [0.29, 0.717) is 0 Å². The molecule has 1 unspecified atom stereocenters. The Morgan fingerprint density at radius 3 is 3.00 bits per heavy atom. The van der Waals surface area contributed by atoms with Crippen LogP contribution in [0.5, 0.6) is 0 Å². The Kier molecular flexibility index (Phi) is 1.64. The van der Waals surface area contributed by atoms with E-state index < -0.39 is 0 Å². The fraction of sp³-hybridized carbons (Fsp3) is 0.800. The highest BCUT2D eigenvalue weighted by Gasteiger charge is 2.48. The van der Waals surface area contributed by atoms with Gasteiger partial charge in [0.1, 0.15) is 0 Å². The maximum atomic E-state index is 5.73. The molecule has 2 aliphatic heterocycles. The Balaban J connectivity index is 1.90. The summed E-state index contributed by atoms with van der Waals surface area (Å²) in [5.41, 5.74) is 4.37. The van der Waals surface area contributed by atoms with E-state index in [4.69, 9.17) is 4.84 Å². The van der Waals surface area contributed by atoms with Gasteiger partial charge in [-0.15, -0.1) is 0 Å². The Bertz CT molecular complexity index is 245. The molecule has 1 saturated heterocycles. The van der Waals surface area contributed by atoms with Gasteiger partial charge in [-0.2, -0.15) is 0 Å². The third kappa shape index (κ3) is 0.973. The predicted molar refractivity (Wildman–Crippen MR) is 49.7 cm³/mol. The Hall–Kier alpha value is -0.540.